The van der Waals surface area contributed by atoms with Crippen LogP contribution in [0.15, 0.2) is 11.6 Å². The smallest absolute Gasteiger partial charge is 0.0304 e. The second-order valence-corrected chi connectivity index (χ2v) is 5.46. The molecule has 0 bridgehead atoms. The Morgan fingerprint density at radius 3 is 2.71 bits per heavy atom. The first-order chi connectivity index (χ1) is 8.33. The van der Waals surface area contributed by atoms with E-state index >= 15 is 0 Å². The van der Waals surface area contributed by atoms with Crippen LogP contribution in [0.5, 0.6) is 0 Å². The van der Waals surface area contributed by atoms with Crippen molar-refractivity contribution in [3.8, 4) is 0 Å². The van der Waals surface area contributed by atoms with Crippen molar-refractivity contribution in [2.75, 3.05) is 7.05 Å². The summed E-state index contributed by atoms with van der Waals surface area (Å²) in [6, 6.07) is 0.643. The van der Waals surface area contributed by atoms with E-state index in [4.69, 9.17) is 0 Å². The molecule has 0 fully saturated rings. The largest absolute Gasteiger partial charge is 0.313 e. The van der Waals surface area contributed by atoms with Crippen LogP contribution in [0.4, 0.5) is 0 Å². The third-order valence-electron chi connectivity index (χ3n) is 4.21. The molecule has 0 aliphatic heterocycles. The van der Waals surface area contributed by atoms with Gasteiger partial charge in [-0.1, -0.05) is 51.2 Å². The predicted molar refractivity (Wildman–Crippen MR) is 77.3 cm³/mol. The molecule has 0 aromatic heterocycles. The zero-order valence-corrected chi connectivity index (χ0v) is 12.1. The molecule has 0 amide bonds. The van der Waals surface area contributed by atoms with Crippen LogP contribution in [-0.4, -0.2) is 13.1 Å². The number of nitrogens with one attached hydrogen (secondary N) is 1. The molecule has 2 atom stereocenters. The fraction of sp³-hybridized carbons (Fsp3) is 0.875. The summed E-state index contributed by atoms with van der Waals surface area (Å²) in [5.41, 5.74) is 1.70. The van der Waals surface area contributed by atoms with Gasteiger partial charge in [-0.3, -0.25) is 0 Å². The molecule has 2 unspecified atom stereocenters. The van der Waals surface area contributed by atoms with Crippen LogP contribution in [0.2, 0.25) is 0 Å². The summed E-state index contributed by atoms with van der Waals surface area (Å²) in [7, 11) is 2.14. The van der Waals surface area contributed by atoms with E-state index in [0.29, 0.717) is 6.04 Å². The van der Waals surface area contributed by atoms with Crippen molar-refractivity contribution in [1.82, 2.24) is 5.32 Å². The van der Waals surface area contributed by atoms with E-state index in [1.54, 1.807) is 5.57 Å². The van der Waals surface area contributed by atoms with Gasteiger partial charge in [-0.05, 0) is 45.1 Å². The second-order valence-electron chi connectivity index (χ2n) is 5.46. The van der Waals surface area contributed by atoms with E-state index in [-0.39, 0.29) is 0 Å². The fourth-order valence-corrected chi connectivity index (χ4v) is 3.12. The number of rotatable bonds is 7. The van der Waals surface area contributed by atoms with Gasteiger partial charge in [0.1, 0.15) is 0 Å². The lowest BCUT2D eigenvalue weighted by atomic mass is 9.85. The molecule has 1 rings (SSSR count). The van der Waals surface area contributed by atoms with Crippen LogP contribution in [0, 0.1) is 5.92 Å². The number of hydrogen-bond donors (Lipinski definition) is 1. The fourth-order valence-electron chi connectivity index (χ4n) is 3.12. The highest BCUT2D eigenvalue weighted by molar-refractivity contribution is 5.13. The standard InChI is InChI=1S/C16H31N/c1-4-6-11-14(5-2)16(17-3)15-12-9-7-8-10-13-15/h12,14,16-17H,4-11,13H2,1-3H3. The zero-order valence-electron chi connectivity index (χ0n) is 12.1. The predicted octanol–water partition coefficient (Wildman–Crippen LogP) is 4.68. The summed E-state index contributed by atoms with van der Waals surface area (Å²) < 4.78 is 0. The van der Waals surface area contributed by atoms with E-state index in [1.807, 2.05) is 0 Å². The van der Waals surface area contributed by atoms with Crippen molar-refractivity contribution in [3.05, 3.63) is 11.6 Å². The molecule has 0 heterocycles. The first kappa shape index (κ1) is 14.8. The number of hydrogen-bond acceptors (Lipinski definition) is 1. The lowest BCUT2D eigenvalue weighted by Gasteiger charge is -2.28. The Morgan fingerprint density at radius 1 is 1.24 bits per heavy atom. The Morgan fingerprint density at radius 2 is 2.06 bits per heavy atom. The van der Waals surface area contributed by atoms with Crippen molar-refractivity contribution in [3.63, 3.8) is 0 Å². The van der Waals surface area contributed by atoms with Gasteiger partial charge in [-0.25, -0.2) is 0 Å². The summed E-state index contributed by atoms with van der Waals surface area (Å²) in [5, 5.41) is 3.59. The van der Waals surface area contributed by atoms with Gasteiger partial charge in [0.15, 0.2) is 0 Å². The number of likely N-dealkylation sites (N-methyl/N-ethyl adjacent to an activating group) is 1. The summed E-state index contributed by atoms with van der Waals surface area (Å²) in [5.74, 6) is 0.837. The minimum absolute atomic E-state index is 0.643. The molecule has 1 N–H and O–H groups in total. The van der Waals surface area contributed by atoms with Crippen LogP contribution in [0.1, 0.15) is 71.6 Å². The van der Waals surface area contributed by atoms with Crippen molar-refractivity contribution in [1.29, 1.82) is 0 Å². The zero-order chi connectivity index (χ0) is 12.5. The minimum Gasteiger partial charge on any atom is -0.313 e. The van der Waals surface area contributed by atoms with E-state index in [1.165, 1.54) is 57.8 Å². The van der Waals surface area contributed by atoms with Crippen LogP contribution >= 0.6 is 0 Å². The Bertz CT molecular complexity index is 220. The van der Waals surface area contributed by atoms with Gasteiger partial charge in [0, 0.05) is 6.04 Å². The molecule has 1 aliphatic rings. The second kappa shape index (κ2) is 8.74. The van der Waals surface area contributed by atoms with Gasteiger partial charge < -0.3 is 5.32 Å². The first-order valence-corrected chi connectivity index (χ1v) is 7.69. The normalized spacial score (nSPS) is 20.5. The lowest BCUT2D eigenvalue weighted by Crippen LogP contribution is -2.35. The van der Waals surface area contributed by atoms with Crippen LogP contribution < -0.4 is 5.32 Å². The molecule has 0 saturated carbocycles. The Labute approximate surface area is 108 Å². The Hall–Kier alpha value is -0.300. The highest BCUT2D eigenvalue weighted by Gasteiger charge is 2.21. The van der Waals surface area contributed by atoms with Gasteiger partial charge >= 0.3 is 0 Å². The summed E-state index contributed by atoms with van der Waals surface area (Å²) in [6.45, 7) is 4.65. The lowest BCUT2D eigenvalue weighted by molar-refractivity contribution is 0.358. The highest BCUT2D eigenvalue weighted by atomic mass is 14.9. The number of allylic oxidation sites excluding steroid dienone is 1. The van der Waals surface area contributed by atoms with E-state index in [0.717, 1.165) is 5.92 Å². The molecule has 1 nitrogen and oxygen atoms in total. The van der Waals surface area contributed by atoms with E-state index in [2.05, 4.69) is 32.3 Å². The molecule has 0 spiro atoms. The molecule has 0 aromatic carbocycles. The van der Waals surface area contributed by atoms with Gasteiger partial charge in [0.05, 0.1) is 0 Å². The van der Waals surface area contributed by atoms with E-state index < -0.39 is 0 Å². The molecule has 1 aliphatic carbocycles. The number of unbranched alkanes of at least 4 members (excludes halogenated alkanes) is 1. The Balaban J connectivity index is 2.62. The van der Waals surface area contributed by atoms with Crippen molar-refractivity contribution in [2.24, 2.45) is 5.92 Å². The topological polar surface area (TPSA) is 12.0 Å². The van der Waals surface area contributed by atoms with Gasteiger partial charge in [-0.2, -0.15) is 0 Å². The molecule has 1 heteroatoms. The molecular formula is C16H31N. The average molecular weight is 237 g/mol. The third kappa shape index (κ3) is 4.83. The highest BCUT2D eigenvalue weighted by Crippen LogP contribution is 2.27. The molecule has 0 radical (unpaired) electrons. The quantitative estimate of drug-likeness (QED) is 0.634. The van der Waals surface area contributed by atoms with Gasteiger partial charge in [-0.15, -0.1) is 0 Å². The average Bonchev–Trinajstić information content (AvgIpc) is 2.63. The first-order valence-electron chi connectivity index (χ1n) is 7.69. The Kier molecular flexibility index (Phi) is 7.59. The maximum absolute atomic E-state index is 3.59. The van der Waals surface area contributed by atoms with Crippen LogP contribution in [0.25, 0.3) is 0 Å². The molecule has 0 saturated heterocycles. The maximum atomic E-state index is 3.59. The summed E-state index contributed by atoms with van der Waals surface area (Å²) >= 11 is 0. The molecular weight excluding hydrogens is 206 g/mol. The summed E-state index contributed by atoms with van der Waals surface area (Å²) in [6.07, 6.45) is 14.8. The molecule has 17 heavy (non-hydrogen) atoms. The SMILES string of the molecule is CCCCC(CC)C(NC)C1=CCCCCC1. The van der Waals surface area contributed by atoms with Crippen molar-refractivity contribution < 1.29 is 0 Å². The van der Waals surface area contributed by atoms with Crippen molar-refractivity contribution in [2.45, 2.75) is 77.7 Å². The monoisotopic (exact) mass is 237 g/mol. The maximum Gasteiger partial charge on any atom is 0.0304 e. The molecule has 100 valence electrons. The third-order valence-corrected chi connectivity index (χ3v) is 4.21. The van der Waals surface area contributed by atoms with Gasteiger partial charge in [0.2, 0.25) is 0 Å². The van der Waals surface area contributed by atoms with Crippen LogP contribution in [0.3, 0.4) is 0 Å². The van der Waals surface area contributed by atoms with Crippen molar-refractivity contribution >= 4 is 0 Å². The van der Waals surface area contributed by atoms with E-state index in [9.17, 15) is 0 Å². The van der Waals surface area contributed by atoms with Gasteiger partial charge in [0.25, 0.3) is 0 Å². The van der Waals surface area contributed by atoms with Crippen LogP contribution in [-0.2, 0) is 0 Å². The summed E-state index contributed by atoms with van der Waals surface area (Å²) in [4.78, 5) is 0. The molecule has 0 aromatic rings. The minimum atomic E-state index is 0.643.